The molecular formula is C35H47ClN2O5S. The second-order valence-corrected chi connectivity index (χ2v) is 14.8. The van der Waals surface area contributed by atoms with Crippen molar-refractivity contribution in [3.8, 4) is 5.75 Å². The minimum absolute atomic E-state index is 0.0907. The number of hydrogen-bond acceptors (Lipinski definition) is 6. The Kier molecular flexibility index (Phi) is 10.8. The summed E-state index contributed by atoms with van der Waals surface area (Å²) in [7, 11) is 1.97. The van der Waals surface area contributed by atoms with Crippen molar-refractivity contribution in [2.24, 2.45) is 17.8 Å². The monoisotopic (exact) mass is 642 g/mol. The van der Waals surface area contributed by atoms with Gasteiger partial charge in [-0.3, -0.25) is 9.52 Å². The summed E-state index contributed by atoms with van der Waals surface area (Å²) in [6, 6.07) is 11.8. The summed E-state index contributed by atoms with van der Waals surface area (Å²) in [6.45, 7) is 8.69. The SMILES string of the molecule is CCCc1cc(Cl)ccc1C1COc2ccc3cc2N(C1)CC1CCC1[C@@](COC)(OC)/C=C/CC(C)C(C)S(=O)NC3=O. The standard InChI is InChI=1S/C35H47ClN2O5S/c1-6-8-25-17-29(36)12-13-30(25)28-20-38-19-27-10-14-31(27)35(42-5,22-41-4)16-7-9-23(2)24(3)44(40)37-34(39)26-11-15-33(43-21-28)32(38)18-26/h7,11-13,15-18,23-24,27-28,31H,6,8-10,14,19-22H2,1-5H3,(H,37,39)/b16-7+/t23?,24?,27?,28?,31?,35-,44?/m1/s1. The van der Waals surface area contributed by atoms with E-state index in [1.807, 2.05) is 25.1 Å². The molecule has 5 rings (SSSR count). The number of methoxy groups -OCH3 is 2. The van der Waals surface area contributed by atoms with Crippen LogP contribution in [0.15, 0.2) is 48.6 Å². The van der Waals surface area contributed by atoms with Gasteiger partial charge in [-0.15, -0.1) is 0 Å². The van der Waals surface area contributed by atoms with Crippen molar-refractivity contribution in [3.63, 3.8) is 0 Å². The Bertz CT molecular complexity index is 1380. The van der Waals surface area contributed by atoms with Gasteiger partial charge >= 0.3 is 0 Å². The lowest BCUT2D eigenvalue weighted by molar-refractivity contribution is -0.110. The first-order valence-corrected chi connectivity index (χ1v) is 17.5. The van der Waals surface area contributed by atoms with Gasteiger partial charge in [0.05, 0.1) is 24.2 Å². The largest absolute Gasteiger partial charge is 0.491 e. The molecule has 240 valence electrons. The Morgan fingerprint density at radius 2 is 1.95 bits per heavy atom. The lowest BCUT2D eigenvalue weighted by Gasteiger charge is -2.49. The van der Waals surface area contributed by atoms with E-state index in [2.05, 4.69) is 47.8 Å². The fraction of sp³-hybridized carbons (Fsp3) is 0.571. The van der Waals surface area contributed by atoms with Crippen LogP contribution in [0, 0.1) is 17.8 Å². The highest BCUT2D eigenvalue weighted by molar-refractivity contribution is 7.84. The normalized spacial score (nSPS) is 31.6. The van der Waals surface area contributed by atoms with Crippen LogP contribution < -0.4 is 14.4 Å². The van der Waals surface area contributed by atoms with E-state index in [1.54, 1.807) is 20.3 Å². The van der Waals surface area contributed by atoms with E-state index in [9.17, 15) is 9.00 Å². The van der Waals surface area contributed by atoms with Gasteiger partial charge < -0.3 is 19.1 Å². The van der Waals surface area contributed by atoms with Crippen LogP contribution in [0.1, 0.15) is 73.9 Å². The van der Waals surface area contributed by atoms with Gasteiger partial charge in [-0.1, -0.05) is 50.1 Å². The van der Waals surface area contributed by atoms with Crippen molar-refractivity contribution in [1.29, 1.82) is 0 Å². The third-order valence-electron chi connectivity index (χ3n) is 10.00. The van der Waals surface area contributed by atoms with Crippen molar-refractivity contribution in [1.82, 2.24) is 4.72 Å². The average Bonchev–Trinajstić information content (AvgIpc) is 3.17. The number of nitrogens with one attached hydrogen (secondary N) is 1. The number of amides is 1. The van der Waals surface area contributed by atoms with E-state index < -0.39 is 16.6 Å². The maximum atomic E-state index is 13.4. The summed E-state index contributed by atoms with van der Waals surface area (Å²) < 4.78 is 34.5. The summed E-state index contributed by atoms with van der Waals surface area (Å²) >= 11 is 6.43. The molecule has 44 heavy (non-hydrogen) atoms. The van der Waals surface area contributed by atoms with Crippen molar-refractivity contribution in [2.45, 2.75) is 69.6 Å². The number of benzene rings is 2. The molecule has 0 spiro atoms. The number of ether oxygens (including phenoxy) is 3. The van der Waals surface area contributed by atoms with Gasteiger partial charge in [0.1, 0.15) is 22.3 Å². The van der Waals surface area contributed by atoms with E-state index in [-0.39, 0.29) is 28.9 Å². The van der Waals surface area contributed by atoms with Crippen LogP contribution >= 0.6 is 11.6 Å². The number of rotatable bonds is 6. The lowest BCUT2D eigenvalue weighted by atomic mass is 9.64. The van der Waals surface area contributed by atoms with Crippen molar-refractivity contribution in [2.75, 3.05) is 45.4 Å². The molecule has 0 radical (unpaired) electrons. The molecule has 2 heterocycles. The minimum Gasteiger partial charge on any atom is -0.491 e. The first kappa shape index (κ1) is 33.0. The highest BCUT2D eigenvalue weighted by Gasteiger charge is 2.47. The molecule has 1 saturated carbocycles. The number of carbonyl (C=O) groups is 1. The van der Waals surface area contributed by atoms with E-state index in [0.29, 0.717) is 24.7 Å². The van der Waals surface area contributed by atoms with Gasteiger partial charge in [0.15, 0.2) is 0 Å². The summed E-state index contributed by atoms with van der Waals surface area (Å²) in [5.41, 5.74) is 3.32. The molecule has 1 N–H and O–H groups in total. The lowest BCUT2D eigenvalue weighted by Crippen LogP contribution is -2.53. The van der Waals surface area contributed by atoms with Crippen LogP contribution in [0.25, 0.3) is 0 Å². The Balaban J connectivity index is 1.57. The number of aryl methyl sites for hydroxylation is 1. The third-order valence-corrected chi connectivity index (χ3v) is 11.8. The maximum absolute atomic E-state index is 13.4. The van der Waals surface area contributed by atoms with Crippen LogP contribution in [-0.2, 0) is 26.9 Å². The number of halogens is 1. The van der Waals surface area contributed by atoms with Gasteiger partial charge in [-0.25, -0.2) is 4.21 Å². The van der Waals surface area contributed by atoms with Crippen LogP contribution in [0.4, 0.5) is 5.69 Å². The van der Waals surface area contributed by atoms with Crippen molar-refractivity contribution in [3.05, 3.63) is 70.3 Å². The summed E-state index contributed by atoms with van der Waals surface area (Å²) in [5, 5.41) is 0.515. The first-order valence-electron chi connectivity index (χ1n) is 15.9. The zero-order valence-electron chi connectivity index (χ0n) is 26.6. The van der Waals surface area contributed by atoms with Gasteiger partial charge in [0, 0.05) is 43.8 Å². The number of hydrogen-bond donors (Lipinski definition) is 1. The predicted octanol–water partition coefficient (Wildman–Crippen LogP) is 6.71. The third kappa shape index (κ3) is 6.88. The zero-order valence-corrected chi connectivity index (χ0v) is 28.2. The molecule has 3 aliphatic rings. The highest BCUT2D eigenvalue weighted by atomic mass is 35.5. The maximum Gasteiger partial charge on any atom is 0.263 e. The Labute approximate surface area is 270 Å². The summed E-state index contributed by atoms with van der Waals surface area (Å²) in [6.07, 6.45) is 9.15. The molecule has 6 unspecified atom stereocenters. The van der Waals surface area contributed by atoms with Gasteiger partial charge in [-0.2, -0.15) is 0 Å². The van der Waals surface area contributed by atoms with E-state index in [4.69, 9.17) is 25.8 Å². The summed E-state index contributed by atoms with van der Waals surface area (Å²) in [4.78, 5) is 15.8. The molecule has 2 bridgehead atoms. The second kappa shape index (κ2) is 14.4. The van der Waals surface area contributed by atoms with Crippen LogP contribution in [0.2, 0.25) is 5.02 Å². The van der Waals surface area contributed by atoms with E-state index in [1.165, 1.54) is 11.1 Å². The smallest absolute Gasteiger partial charge is 0.263 e. The van der Waals surface area contributed by atoms with Gasteiger partial charge in [0.2, 0.25) is 0 Å². The predicted molar refractivity (Wildman–Crippen MR) is 178 cm³/mol. The Hall–Kier alpha value is -2.39. The van der Waals surface area contributed by atoms with Crippen LogP contribution in [0.3, 0.4) is 0 Å². The number of allylic oxidation sites excluding steroid dienone is 1. The van der Waals surface area contributed by atoms with Crippen molar-refractivity contribution < 1.29 is 23.2 Å². The number of anilines is 1. The number of fused-ring (bicyclic) bond motifs is 2. The molecule has 0 aromatic heterocycles. The molecule has 1 amide bonds. The van der Waals surface area contributed by atoms with Crippen molar-refractivity contribution >= 4 is 34.2 Å². The molecule has 2 aromatic rings. The van der Waals surface area contributed by atoms with Crippen LogP contribution in [-0.4, -0.2) is 61.5 Å². The molecule has 2 aromatic carbocycles. The number of nitrogens with zero attached hydrogens (tertiary/aromatic N) is 1. The summed E-state index contributed by atoms with van der Waals surface area (Å²) in [5.74, 6) is 1.25. The Morgan fingerprint density at radius 1 is 1.14 bits per heavy atom. The van der Waals surface area contributed by atoms with E-state index >= 15 is 0 Å². The zero-order chi connectivity index (χ0) is 31.4. The fourth-order valence-electron chi connectivity index (χ4n) is 7.08. The molecule has 1 aliphatic carbocycles. The number of carbonyl (C=O) groups excluding carboxylic acids is 1. The molecule has 9 heteroatoms. The fourth-order valence-corrected chi connectivity index (χ4v) is 8.29. The average molecular weight is 643 g/mol. The topological polar surface area (TPSA) is 77.1 Å². The van der Waals surface area contributed by atoms with Gasteiger partial charge in [-0.05, 0) is 91.8 Å². The van der Waals surface area contributed by atoms with Gasteiger partial charge in [0.25, 0.3) is 5.91 Å². The molecule has 7 nitrogen and oxygen atoms in total. The first-order chi connectivity index (χ1) is 21.2. The molecule has 0 saturated heterocycles. The van der Waals surface area contributed by atoms with Crippen LogP contribution in [0.5, 0.6) is 5.75 Å². The molecule has 1 fully saturated rings. The molecule has 2 aliphatic heterocycles. The molecule has 7 atom stereocenters. The van der Waals surface area contributed by atoms with E-state index in [0.717, 1.165) is 61.7 Å². The minimum atomic E-state index is -1.54. The Morgan fingerprint density at radius 3 is 2.66 bits per heavy atom. The highest BCUT2D eigenvalue weighted by Crippen LogP contribution is 2.47. The quantitative estimate of drug-likeness (QED) is 0.353. The molecular weight excluding hydrogens is 596 g/mol. The second-order valence-electron chi connectivity index (χ2n) is 12.8.